The number of fused-ring (bicyclic) bond motifs is 1. The topological polar surface area (TPSA) is 64.2 Å². The summed E-state index contributed by atoms with van der Waals surface area (Å²) in [5.74, 6) is -0.799. The summed E-state index contributed by atoms with van der Waals surface area (Å²) in [4.78, 5) is 16.0. The summed E-state index contributed by atoms with van der Waals surface area (Å²) < 4.78 is 18.2. The van der Waals surface area contributed by atoms with Crippen LogP contribution in [0.5, 0.6) is 0 Å². The summed E-state index contributed by atoms with van der Waals surface area (Å²) in [6.45, 7) is 0. The van der Waals surface area contributed by atoms with Gasteiger partial charge in [-0.25, -0.2) is 9.37 Å². The molecule has 3 heterocycles. The van der Waals surface area contributed by atoms with Crippen LogP contribution in [0.2, 0.25) is 0 Å². The number of halogens is 1. The van der Waals surface area contributed by atoms with Crippen molar-refractivity contribution in [2.24, 2.45) is 7.05 Å². The Labute approximate surface area is 148 Å². The molecule has 7 heteroatoms. The fourth-order valence-corrected chi connectivity index (χ4v) is 2.93. The van der Waals surface area contributed by atoms with Crippen LogP contribution in [0.1, 0.15) is 10.4 Å². The van der Waals surface area contributed by atoms with E-state index in [1.54, 1.807) is 29.2 Å². The minimum Gasteiger partial charge on any atom is -0.355 e. The van der Waals surface area contributed by atoms with Gasteiger partial charge < -0.3 is 5.32 Å². The van der Waals surface area contributed by atoms with Crippen LogP contribution in [0.4, 0.5) is 4.39 Å². The van der Waals surface area contributed by atoms with Gasteiger partial charge in [-0.1, -0.05) is 0 Å². The van der Waals surface area contributed by atoms with E-state index in [0.717, 1.165) is 11.1 Å². The number of benzene rings is 1. The lowest BCUT2D eigenvalue weighted by Gasteiger charge is -2.07. The predicted octanol–water partition coefficient (Wildman–Crippen LogP) is 2.90. The van der Waals surface area contributed by atoms with Gasteiger partial charge in [-0.05, 0) is 30.3 Å². The molecule has 1 aromatic carbocycles. The maximum absolute atomic E-state index is 14.6. The van der Waals surface area contributed by atoms with Gasteiger partial charge in [0.1, 0.15) is 11.5 Å². The number of rotatable bonds is 3. The molecule has 26 heavy (non-hydrogen) atoms. The van der Waals surface area contributed by atoms with Crippen LogP contribution < -0.4 is 5.32 Å². The Kier molecular flexibility index (Phi) is 3.76. The number of carbonyl (C=O) groups is 1. The monoisotopic (exact) mass is 349 g/mol. The van der Waals surface area contributed by atoms with Crippen LogP contribution in [-0.2, 0) is 7.05 Å². The summed E-state index contributed by atoms with van der Waals surface area (Å²) >= 11 is 0. The highest BCUT2D eigenvalue weighted by Gasteiger charge is 2.14. The second-order valence-electron chi connectivity index (χ2n) is 5.97. The lowest BCUT2D eigenvalue weighted by Crippen LogP contribution is -2.17. The SMILES string of the molecule is CNC(=O)c1ccc(-c2cnc3ccc(-c4cnn(C)c4)cn23)c(F)c1. The van der Waals surface area contributed by atoms with Crippen molar-refractivity contribution in [3.8, 4) is 22.4 Å². The number of carbonyl (C=O) groups excluding carboxylic acids is 1. The fraction of sp³-hybridized carbons (Fsp3) is 0.105. The number of hydrogen-bond acceptors (Lipinski definition) is 3. The number of pyridine rings is 1. The summed E-state index contributed by atoms with van der Waals surface area (Å²) in [7, 11) is 3.37. The number of aromatic nitrogens is 4. The Hall–Kier alpha value is -3.48. The average molecular weight is 349 g/mol. The third-order valence-corrected chi connectivity index (χ3v) is 4.28. The van der Waals surface area contributed by atoms with Crippen molar-refractivity contribution in [3.05, 3.63) is 66.5 Å². The maximum atomic E-state index is 14.6. The molecule has 0 spiro atoms. The summed E-state index contributed by atoms with van der Waals surface area (Å²) in [5.41, 5.74) is 3.90. The number of amides is 1. The molecular formula is C19H16FN5O. The molecule has 0 unspecified atom stereocenters. The smallest absolute Gasteiger partial charge is 0.251 e. The molecule has 3 aromatic heterocycles. The van der Waals surface area contributed by atoms with E-state index in [-0.39, 0.29) is 11.5 Å². The molecule has 0 aliphatic carbocycles. The van der Waals surface area contributed by atoms with Crippen LogP contribution in [0.15, 0.2) is 55.1 Å². The normalized spacial score (nSPS) is 11.0. The highest BCUT2D eigenvalue weighted by Crippen LogP contribution is 2.27. The van der Waals surface area contributed by atoms with Gasteiger partial charge in [0.05, 0.1) is 18.1 Å². The second kappa shape index (κ2) is 6.11. The maximum Gasteiger partial charge on any atom is 0.251 e. The Morgan fingerprint density at radius 2 is 1.96 bits per heavy atom. The van der Waals surface area contributed by atoms with E-state index in [2.05, 4.69) is 15.4 Å². The van der Waals surface area contributed by atoms with Crippen LogP contribution >= 0.6 is 0 Å². The van der Waals surface area contributed by atoms with Gasteiger partial charge in [-0.15, -0.1) is 0 Å². The van der Waals surface area contributed by atoms with Gasteiger partial charge in [-0.3, -0.25) is 13.9 Å². The van der Waals surface area contributed by atoms with Crippen LogP contribution in [0, 0.1) is 5.82 Å². The Balaban J connectivity index is 1.83. The fourth-order valence-electron chi connectivity index (χ4n) is 2.93. The van der Waals surface area contributed by atoms with Crippen LogP contribution in [0.3, 0.4) is 0 Å². The van der Waals surface area contributed by atoms with E-state index in [9.17, 15) is 9.18 Å². The van der Waals surface area contributed by atoms with E-state index >= 15 is 0 Å². The first-order chi connectivity index (χ1) is 12.6. The van der Waals surface area contributed by atoms with Crippen molar-refractivity contribution in [3.63, 3.8) is 0 Å². The highest BCUT2D eigenvalue weighted by atomic mass is 19.1. The predicted molar refractivity (Wildman–Crippen MR) is 96.2 cm³/mol. The minimum absolute atomic E-state index is 0.276. The first-order valence-electron chi connectivity index (χ1n) is 8.05. The molecular weight excluding hydrogens is 333 g/mol. The van der Waals surface area contributed by atoms with Crippen molar-refractivity contribution >= 4 is 11.6 Å². The highest BCUT2D eigenvalue weighted by molar-refractivity contribution is 5.94. The summed E-state index contributed by atoms with van der Waals surface area (Å²) in [6, 6.07) is 8.26. The molecule has 0 atom stereocenters. The van der Waals surface area contributed by atoms with Gasteiger partial charge >= 0.3 is 0 Å². The molecule has 1 N–H and O–H groups in total. The van der Waals surface area contributed by atoms with Crippen molar-refractivity contribution in [2.45, 2.75) is 0 Å². The molecule has 0 saturated carbocycles. The zero-order valence-corrected chi connectivity index (χ0v) is 14.3. The molecule has 4 rings (SSSR count). The number of hydrogen-bond donors (Lipinski definition) is 1. The first-order valence-corrected chi connectivity index (χ1v) is 8.05. The molecule has 0 aliphatic heterocycles. The second-order valence-corrected chi connectivity index (χ2v) is 5.97. The molecule has 1 amide bonds. The number of nitrogens with zero attached hydrogens (tertiary/aromatic N) is 4. The van der Waals surface area contributed by atoms with E-state index in [1.165, 1.54) is 13.1 Å². The average Bonchev–Trinajstić information content (AvgIpc) is 3.26. The molecule has 0 aliphatic rings. The van der Waals surface area contributed by atoms with Crippen LogP contribution in [0.25, 0.3) is 28.0 Å². The Morgan fingerprint density at radius 3 is 2.65 bits per heavy atom. The molecule has 0 radical (unpaired) electrons. The number of nitrogens with one attached hydrogen (secondary N) is 1. The summed E-state index contributed by atoms with van der Waals surface area (Å²) in [6.07, 6.45) is 7.22. The lowest BCUT2D eigenvalue weighted by atomic mass is 10.1. The van der Waals surface area contributed by atoms with Crippen LogP contribution in [-0.4, -0.2) is 32.1 Å². The molecule has 0 bridgehead atoms. The zero-order chi connectivity index (χ0) is 18.3. The third kappa shape index (κ3) is 2.63. The summed E-state index contributed by atoms with van der Waals surface area (Å²) in [5, 5.41) is 6.67. The number of aryl methyl sites for hydroxylation is 1. The van der Waals surface area contributed by atoms with E-state index in [0.29, 0.717) is 16.9 Å². The lowest BCUT2D eigenvalue weighted by molar-refractivity contribution is 0.0962. The van der Waals surface area contributed by atoms with E-state index in [4.69, 9.17) is 0 Å². The van der Waals surface area contributed by atoms with Gasteiger partial charge in [0.2, 0.25) is 0 Å². The van der Waals surface area contributed by atoms with Gasteiger partial charge in [0, 0.05) is 48.7 Å². The number of imidazole rings is 1. The quantitative estimate of drug-likeness (QED) is 0.618. The van der Waals surface area contributed by atoms with E-state index < -0.39 is 5.82 Å². The zero-order valence-electron chi connectivity index (χ0n) is 14.3. The third-order valence-electron chi connectivity index (χ3n) is 4.28. The standard InChI is InChI=1S/C19H16FN5O/c1-21-19(26)12-3-5-15(16(20)7-12)17-9-22-18-6-4-13(11-25(17)18)14-8-23-24(2)10-14/h3-11H,1-2H3,(H,21,26). The van der Waals surface area contributed by atoms with Gasteiger partial charge in [0.15, 0.2) is 0 Å². The molecule has 4 aromatic rings. The molecule has 0 saturated heterocycles. The molecule has 0 fully saturated rings. The molecule has 6 nitrogen and oxygen atoms in total. The van der Waals surface area contributed by atoms with Crippen molar-refractivity contribution in [1.82, 2.24) is 24.5 Å². The largest absolute Gasteiger partial charge is 0.355 e. The van der Waals surface area contributed by atoms with Gasteiger partial charge in [-0.2, -0.15) is 5.10 Å². The van der Waals surface area contributed by atoms with Crippen molar-refractivity contribution < 1.29 is 9.18 Å². The Bertz CT molecular complexity index is 1130. The van der Waals surface area contributed by atoms with Gasteiger partial charge in [0.25, 0.3) is 5.91 Å². The first kappa shape index (κ1) is 16.0. The van der Waals surface area contributed by atoms with Crippen molar-refractivity contribution in [1.29, 1.82) is 0 Å². The van der Waals surface area contributed by atoms with Crippen molar-refractivity contribution in [2.75, 3.05) is 7.05 Å². The van der Waals surface area contributed by atoms with E-state index in [1.807, 2.05) is 36.0 Å². The molecule has 130 valence electrons. The minimum atomic E-state index is -0.473. The Morgan fingerprint density at radius 1 is 1.12 bits per heavy atom.